The summed E-state index contributed by atoms with van der Waals surface area (Å²) >= 11 is 0. The number of imidazole rings is 1. The predicted octanol–water partition coefficient (Wildman–Crippen LogP) is 0.866. The molecular formula is C16H28ClN5O2. The first-order chi connectivity index (χ1) is 10.7. The van der Waals surface area contributed by atoms with Crippen LogP contribution in [0.4, 0.5) is 0 Å². The quantitative estimate of drug-likeness (QED) is 0.841. The number of hydrogen-bond donors (Lipinski definition) is 2. The van der Waals surface area contributed by atoms with Crippen molar-refractivity contribution in [2.75, 3.05) is 19.6 Å². The van der Waals surface area contributed by atoms with Crippen molar-refractivity contribution in [2.45, 2.75) is 39.8 Å². The van der Waals surface area contributed by atoms with Crippen LogP contribution >= 0.6 is 12.4 Å². The van der Waals surface area contributed by atoms with Crippen LogP contribution in [0.5, 0.6) is 0 Å². The highest BCUT2D eigenvalue weighted by atomic mass is 35.5. The fourth-order valence-electron chi connectivity index (χ4n) is 2.62. The lowest BCUT2D eigenvalue weighted by Crippen LogP contribution is -2.55. The van der Waals surface area contributed by atoms with Gasteiger partial charge in [0.05, 0.1) is 0 Å². The number of amides is 2. The van der Waals surface area contributed by atoms with Crippen LogP contribution in [-0.2, 0) is 16.6 Å². The summed E-state index contributed by atoms with van der Waals surface area (Å²) in [5, 5.41) is 6.12. The monoisotopic (exact) mass is 357 g/mol. The van der Waals surface area contributed by atoms with Crippen LogP contribution in [0.15, 0.2) is 12.4 Å². The second-order valence-corrected chi connectivity index (χ2v) is 7.09. The Morgan fingerprint density at radius 1 is 1.42 bits per heavy atom. The normalized spacial score (nSPS) is 19.4. The summed E-state index contributed by atoms with van der Waals surface area (Å²) in [6.45, 7) is 9.25. The highest BCUT2D eigenvalue weighted by Crippen LogP contribution is 2.21. The molecular weight excluding hydrogens is 330 g/mol. The Morgan fingerprint density at radius 2 is 2.08 bits per heavy atom. The molecule has 0 radical (unpaired) electrons. The molecule has 2 N–H and O–H groups in total. The number of nitrogens with zero attached hydrogens (tertiary/aromatic N) is 3. The Hall–Kier alpha value is -1.60. The lowest BCUT2D eigenvalue weighted by Gasteiger charge is -2.37. The molecule has 0 spiro atoms. The number of rotatable bonds is 3. The Balaban J connectivity index is 0.00000288. The standard InChI is InChI=1S/C16H27N5O2.ClH/c1-11(19-15(23)16(2,3)4)14(22)21-9-6-17-10-12(21)13-18-7-8-20(13)5;/h7-8,11-12,17H,6,9-10H2,1-5H3,(H,19,23);1H. The van der Waals surface area contributed by atoms with Gasteiger partial charge in [0.25, 0.3) is 0 Å². The van der Waals surface area contributed by atoms with E-state index in [2.05, 4.69) is 15.6 Å². The van der Waals surface area contributed by atoms with E-state index in [-0.39, 0.29) is 30.3 Å². The van der Waals surface area contributed by atoms with Gasteiger partial charge in [0.1, 0.15) is 17.9 Å². The molecule has 1 aromatic heterocycles. The van der Waals surface area contributed by atoms with Crippen molar-refractivity contribution in [1.29, 1.82) is 0 Å². The summed E-state index contributed by atoms with van der Waals surface area (Å²) in [4.78, 5) is 31.1. The number of aromatic nitrogens is 2. The fourth-order valence-corrected chi connectivity index (χ4v) is 2.62. The second kappa shape index (κ2) is 7.98. The number of aryl methyl sites for hydroxylation is 1. The van der Waals surface area contributed by atoms with E-state index >= 15 is 0 Å². The van der Waals surface area contributed by atoms with Crippen LogP contribution in [0.2, 0.25) is 0 Å². The number of nitrogens with one attached hydrogen (secondary N) is 2. The van der Waals surface area contributed by atoms with Gasteiger partial charge in [0.2, 0.25) is 11.8 Å². The summed E-state index contributed by atoms with van der Waals surface area (Å²) < 4.78 is 1.93. The number of hydrogen-bond acceptors (Lipinski definition) is 4. The van der Waals surface area contributed by atoms with E-state index < -0.39 is 11.5 Å². The molecule has 0 aliphatic carbocycles. The van der Waals surface area contributed by atoms with Crippen LogP contribution < -0.4 is 10.6 Å². The average Bonchev–Trinajstić information content (AvgIpc) is 2.91. The van der Waals surface area contributed by atoms with Gasteiger partial charge >= 0.3 is 0 Å². The van der Waals surface area contributed by atoms with Crippen LogP contribution in [-0.4, -0.2) is 51.9 Å². The summed E-state index contributed by atoms with van der Waals surface area (Å²) in [6, 6.07) is -0.673. The van der Waals surface area contributed by atoms with E-state index in [1.165, 1.54) is 0 Å². The van der Waals surface area contributed by atoms with E-state index in [1.807, 2.05) is 43.5 Å². The minimum atomic E-state index is -0.553. The first kappa shape index (κ1) is 20.4. The van der Waals surface area contributed by atoms with Crippen molar-refractivity contribution in [3.05, 3.63) is 18.2 Å². The van der Waals surface area contributed by atoms with Crippen molar-refractivity contribution < 1.29 is 9.59 Å². The Morgan fingerprint density at radius 3 is 2.62 bits per heavy atom. The Labute approximate surface area is 149 Å². The van der Waals surface area contributed by atoms with Crippen molar-refractivity contribution in [3.8, 4) is 0 Å². The molecule has 2 unspecified atom stereocenters. The summed E-state index contributed by atoms with van der Waals surface area (Å²) in [6.07, 6.45) is 3.61. The zero-order valence-electron chi connectivity index (χ0n) is 15.0. The molecule has 1 fully saturated rings. The zero-order chi connectivity index (χ0) is 17.2. The van der Waals surface area contributed by atoms with Crippen LogP contribution in [0.1, 0.15) is 39.6 Å². The van der Waals surface area contributed by atoms with Gasteiger partial charge in [-0.15, -0.1) is 12.4 Å². The zero-order valence-corrected chi connectivity index (χ0v) is 15.8. The van der Waals surface area contributed by atoms with E-state index in [0.717, 1.165) is 12.4 Å². The lowest BCUT2D eigenvalue weighted by molar-refractivity contribution is -0.140. The number of carbonyl (C=O) groups is 2. The van der Waals surface area contributed by atoms with Crippen LogP contribution in [0.25, 0.3) is 0 Å². The average molecular weight is 358 g/mol. The molecule has 24 heavy (non-hydrogen) atoms. The molecule has 1 saturated heterocycles. The molecule has 2 rings (SSSR count). The fraction of sp³-hybridized carbons (Fsp3) is 0.688. The maximum atomic E-state index is 12.8. The van der Waals surface area contributed by atoms with E-state index in [0.29, 0.717) is 13.1 Å². The second-order valence-electron chi connectivity index (χ2n) is 7.09. The molecule has 0 aromatic carbocycles. The predicted molar refractivity (Wildman–Crippen MR) is 94.8 cm³/mol. The third kappa shape index (κ3) is 4.48. The number of piperazine rings is 1. The molecule has 136 valence electrons. The largest absolute Gasteiger partial charge is 0.344 e. The van der Waals surface area contributed by atoms with Gasteiger partial charge in [-0.2, -0.15) is 0 Å². The number of carbonyl (C=O) groups excluding carboxylic acids is 2. The first-order valence-corrected chi connectivity index (χ1v) is 8.01. The summed E-state index contributed by atoms with van der Waals surface area (Å²) in [7, 11) is 1.92. The smallest absolute Gasteiger partial charge is 0.245 e. The van der Waals surface area contributed by atoms with Gasteiger partial charge in [-0.25, -0.2) is 4.98 Å². The van der Waals surface area contributed by atoms with Crippen LogP contribution in [0.3, 0.4) is 0 Å². The molecule has 8 heteroatoms. The molecule has 7 nitrogen and oxygen atoms in total. The maximum absolute atomic E-state index is 12.8. The topological polar surface area (TPSA) is 79.3 Å². The third-order valence-corrected chi connectivity index (χ3v) is 4.08. The highest BCUT2D eigenvalue weighted by molar-refractivity contribution is 5.89. The number of halogens is 1. The van der Waals surface area contributed by atoms with Crippen molar-refractivity contribution in [1.82, 2.24) is 25.1 Å². The van der Waals surface area contributed by atoms with E-state index in [9.17, 15) is 9.59 Å². The first-order valence-electron chi connectivity index (χ1n) is 8.01. The molecule has 2 atom stereocenters. The third-order valence-electron chi connectivity index (χ3n) is 4.08. The van der Waals surface area contributed by atoms with Gasteiger partial charge in [-0.1, -0.05) is 20.8 Å². The minimum Gasteiger partial charge on any atom is -0.344 e. The molecule has 2 heterocycles. The molecule has 2 amide bonds. The van der Waals surface area contributed by atoms with Gasteiger partial charge in [-0.05, 0) is 6.92 Å². The maximum Gasteiger partial charge on any atom is 0.245 e. The van der Waals surface area contributed by atoms with Crippen molar-refractivity contribution in [3.63, 3.8) is 0 Å². The Bertz CT molecular complexity index is 581. The van der Waals surface area contributed by atoms with E-state index in [1.54, 1.807) is 13.1 Å². The summed E-state index contributed by atoms with van der Waals surface area (Å²) in [5.74, 6) is 0.652. The van der Waals surface area contributed by atoms with Gasteiger partial charge in [-0.3, -0.25) is 9.59 Å². The summed E-state index contributed by atoms with van der Waals surface area (Å²) in [5.41, 5.74) is -0.517. The van der Waals surface area contributed by atoms with Gasteiger partial charge < -0.3 is 20.1 Å². The van der Waals surface area contributed by atoms with Crippen molar-refractivity contribution >= 4 is 24.2 Å². The minimum absolute atomic E-state index is 0. The molecule has 1 aliphatic rings. The van der Waals surface area contributed by atoms with Crippen LogP contribution in [0, 0.1) is 5.41 Å². The highest BCUT2D eigenvalue weighted by Gasteiger charge is 2.34. The lowest BCUT2D eigenvalue weighted by atomic mass is 9.95. The SMILES string of the molecule is CC(NC(=O)C(C)(C)C)C(=O)N1CCNCC1c1nccn1C.Cl. The molecule has 0 saturated carbocycles. The van der Waals surface area contributed by atoms with Gasteiger partial charge in [0.15, 0.2) is 0 Å². The van der Waals surface area contributed by atoms with Crippen molar-refractivity contribution in [2.24, 2.45) is 12.5 Å². The molecule has 1 aliphatic heterocycles. The molecule has 0 bridgehead atoms. The Kier molecular flexibility index (Phi) is 6.80. The molecule has 1 aromatic rings. The van der Waals surface area contributed by atoms with E-state index in [4.69, 9.17) is 0 Å². The van der Waals surface area contributed by atoms with Gasteiger partial charge in [0, 0.05) is 44.5 Å².